The minimum Gasteiger partial charge on any atom is -0.352 e. The van der Waals surface area contributed by atoms with Crippen molar-refractivity contribution in [1.82, 2.24) is 16.0 Å². The molecule has 0 aromatic carbocycles. The van der Waals surface area contributed by atoms with Crippen LogP contribution in [0.3, 0.4) is 0 Å². The molecule has 0 aromatic rings. The molecule has 0 saturated heterocycles. The molecule has 0 radical (unpaired) electrons. The van der Waals surface area contributed by atoms with Crippen molar-refractivity contribution in [2.24, 2.45) is 5.92 Å². The topological polar surface area (TPSA) is 104 Å². The van der Waals surface area contributed by atoms with E-state index in [0.29, 0.717) is 54.1 Å². The second kappa shape index (κ2) is 25.3. The highest BCUT2D eigenvalue weighted by molar-refractivity contribution is 5.97. The van der Waals surface area contributed by atoms with Gasteiger partial charge < -0.3 is 16.0 Å². The van der Waals surface area contributed by atoms with E-state index >= 15 is 0 Å². The highest BCUT2D eigenvalue weighted by Gasteiger charge is 2.23. The van der Waals surface area contributed by atoms with Gasteiger partial charge in [0.1, 0.15) is 0 Å². The van der Waals surface area contributed by atoms with Crippen LogP contribution in [0, 0.1) is 5.92 Å². The van der Waals surface area contributed by atoms with Crippen LogP contribution >= 0.6 is 0 Å². The largest absolute Gasteiger partial charge is 0.352 e. The molecule has 7 heteroatoms. The Morgan fingerprint density at radius 1 is 0.822 bits per heavy atom. The number of amides is 3. The summed E-state index contributed by atoms with van der Waals surface area (Å²) in [5.74, 6) is 0.539. The normalized spacial score (nSPS) is 15.5. The molecular formula is C38H65N3O4. The molecule has 1 saturated carbocycles. The van der Waals surface area contributed by atoms with E-state index in [-0.39, 0.29) is 23.5 Å². The highest BCUT2D eigenvalue weighted by Crippen LogP contribution is 2.26. The Balaban J connectivity index is 0.000000714. The second-order valence-corrected chi connectivity index (χ2v) is 12.1. The molecule has 0 heterocycles. The van der Waals surface area contributed by atoms with Gasteiger partial charge in [0, 0.05) is 42.7 Å². The molecule has 0 bridgehead atoms. The maximum absolute atomic E-state index is 12.4. The van der Waals surface area contributed by atoms with E-state index in [2.05, 4.69) is 29.8 Å². The van der Waals surface area contributed by atoms with E-state index in [4.69, 9.17) is 0 Å². The summed E-state index contributed by atoms with van der Waals surface area (Å²) in [6.07, 6.45) is 20.6. The van der Waals surface area contributed by atoms with Gasteiger partial charge in [0.05, 0.1) is 5.70 Å². The van der Waals surface area contributed by atoms with Gasteiger partial charge in [-0.1, -0.05) is 105 Å². The lowest BCUT2D eigenvalue weighted by atomic mass is 9.89. The molecule has 256 valence electrons. The predicted octanol–water partition coefficient (Wildman–Crippen LogP) is 8.91. The lowest BCUT2D eigenvalue weighted by molar-refractivity contribution is -0.121. The van der Waals surface area contributed by atoms with Gasteiger partial charge in [0.15, 0.2) is 5.78 Å². The maximum atomic E-state index is 12.4. The average molecular weight is 628 g/mol. The lowest BCUT2D eigenvalue weighted by Crippen LogP contribution is -2.33. The smallest absolute Gasteiger partial charge is 0.249 e. The summed E-state index contributed by atoms with van der Waals surface area (Å²) in [6, 6.07) is 0. The highest BCUT2D eigenvalue weighted by atomic mass is 16.2. The van der Waals surface area contributed by atoms with Crippen molar-refractivity contribution in [2.75, 3.05) is 6.54 Å². The molecule has 0 aliphatic heterocycles. The number of hydrogen-bond donors (Lipinski definition) is 3. The molecular weight excluding hydrogens is 562 g/mol. The molecule has 0 aromatic heterocycles. The van der Waals surface area contributed by atoms with E-state index in [0.717, 1.165) is 17.7 Å². The van der Waals surface area contributed by atoms with E-state index in [1.807, 2.05) is 46.8 Å². The lowest BCUT2D eigenvalue weighted by Gasteiger charge is -2.22. The van der Waals surface area contributed by atoms with E-state index in [1.165, 1.54) is 70.6 Å². The van der Waals surface area contributed by atoms with Gasteiger partial charge in [-0.05, 0) is 64.0 Å². The third-order valence-electron chi connectivity index (χ3n) is 8.43. The summed E-state index contributed by atoms with van der Waals surface area (Å²) in [5, 5.41) is 8.70. The van der Waals surface area contributed by atoms with Crippen molar-refractivity contribution in [2.45, 2.75) is 159 Å². The predicted molar refractivity (Wildman–Crippen MR) is 188 cm³/mol. The monoisotopic (exact) mass is 627 g/mol. The van der Waals surface area contributed by atoms with Crippen molar-refractivity contribution in [3.05, 3.63) is 45.8 Å². The van der Waals surface area contributed by atoms with Crippen molar-refractivity contribution in [1.29, 1.82) is 0 Å². The molecule has 0 unspecified atom stereocenters. The van der Waals surface area contributed by atoms with Crippen LogP contribution in [-0.2, 0) is 19.2 Å². The number of unbranched alkanes of at least 4 members (excludes halogenated alkanes) is 5. The van der Waals surface area contributed by atoms with Gasteiger partial charge in [-0.2, -0.15) is 0 Å². The first kappa shape index (κ1) is 42.0. The van der Waals surface area contributed by atoms with E-state index in [9.17, 15) is 19.2 Å². The summed E-state index contributed by atoms with van der Waals surface area (Å²) < 4.78 is 0. The fraction of sp³-hybridized carbons (Fsp3) is 0.684. The van der Waals surface area contributed by atoms with Crippen molar-refractivity contribution < 1.29 is 19.2 Å². The molecule has 3 amide bonds. The van der Waals surface area contributed by atoms with Crippen LogP contribution < -0.4 is 16.0 Å². The van der Waals surface area contributed by atoms with Crippen molar-refractivity contribution >= 4 is 23.5 Å². The summed E-state index contributed by atoms with van der Waals surface area (Å²) in [5.41, 5.74) is 4.59. The van der Waals surface area contributed by atoms with Crippen LogP contribution in [0.15, 0.2) is 45.8 Å². The minimum absolute atomic E-state index is 0.0277. The Bertz CT molecular complexity index is 1050. The van der Waals surface area contributed by atoms with Gasteiger partial charge >= 0.3 is 0 Å². The second-order valence-electron chi connectivity index (χ2n) is 12.1. The Morgan fingerprint density at radius 3 is 1.89 bits per heavy atom. The van der Waals surface area contributed by atoms with Crippen LogP contribution in [0.2, 0.25) is 0 Å². The zero-order valence-electron chi connectivity index (χ0n) is 30.2. The molecule has 2 aliphatic rings. The fourth-order valence-electron chi connectivity index (χ4n) is 5.16. The number of rotatable bonds is 15. The molecule has 0 atom stereocenters. The summed E-state index contributed by atoms with van der Waals surface area (Å²) in [4.78, 5) is 46.9. The Labute approximate surface area is 275 Å². The number of nitrogens with one attached hydrogen (secondary N) is 3. The number of Topliss-reactive ketones (excluding diaryl/α,β-unsaturated/α-hetero) is 1. The van der Waals surface area contributed by atoms with Gasteiger partial charge in [-0.25, -0.2) is 0 Å². The average Bonchev–Trinajstić information content (AvgIpc) is 3.43. The number of allylic oxidation sites excluding steroid dienone is 5. The third-order valence-corrected chi connectivity index (χ3v) is 8.43. The van der Waals surface area contributed by atoms with Crippen LogP contribution in [0.4, 0.5) is 0 Å². The zero-order valence-corrected chi connectivity index (χ0v) is 30.2. The maximum Gasteiger partial charge on any atom is 0.249 e. The van der Waals surface area contributed by atoms with Crippen LogP contribution in [-0.4, -0.2) is 30.0 Å². The molecule has 45 heavy (non-hydrogen) atoms. The van der Waals surface area contributed by atoms with Gasteiger partial charge in [0.2, 0.25) is 17.7 Å². The molecule has 1 fully saturated rings. The Hall–Kier alpha value is -2.96. The number of hydrogen-bond acceptors (Lipinski definition) is 4. The Kier molecular flexibility index (Phi) is 23.6. The number of ketones is 1. The first-order chi connectivity index (χ1) is 21.5. The van der Waals surface area contributed by atoms with Crippen molar-refractivity contribution in [3.8, 4) is 0 Å². The van der Waals surface area contributed by atoms with Crippen LogP contribution in [0.1, 0.15) is 159 Å². The van der Waals surface area contributed by atoms with Crippen molar-refractivity contribution in [3.63, 3.8) is 0 Å². The summed E-state index contributed by atoms with van der Waals surface area (Å²) >= 11 is 0. The SMILES string of the molecule is C/C=C(C)\C(NC(=O)CC)=C(/C)C(=O)CC.CCC(=O)NC1=C(C(=O)NCC2CCCCC2)CC=C1C.CCCCCCCC. The van der Waals surface area contributed by atoms with Crippen LogP contribution in [0.25, 0.3) is 0 Å². The summed E-state index contributed by atoms with van der Waals surface area (Å²) in [7, 11) is 0. The van der Waals surface area contributed by atoms with Crippen LogP contribution in [0.5, 0.6) is 0 Å². The van der Waals surface area contributed by atoms with Gasteiger partial charge in [0.25, 0.3) is 0 Å². The third kappa shape index (κ3) is 17.4. The number of carbonyl (C=O) groups is 4. The van der Waals surface area contributed by atoms with Gasteiger partial charge in [-0.3, -0.25) is 19.2 Å². The number of carbonyl (C=O) groups excluding carboxylic acids is 4. The summed E-state index contributed by atoms with van der Waals surface area (Å²) in [6.45, 7) is 18.2. The Morgan fingerprint density at radius 2 is 1.40 bits per heavy atom. The molecule has 0 spiro atoms. The van der Waals surface area contributed by atoms with Gasteiger partial charge in [-0.15, -0.1) is 0 Å². The molecule has 3 N–H and O–H groups in total. The van der Waals surface area contributed by atoms with E-state index < -0.39 is 0 Å². The zero-order chi connectivity index (χ0) is 34.2. The molecule has 7 nitrogen and oxygen atoms in total. The first-order valence-corrected chi connectivity index (χ1v) is 17.7. The van der Waals surface area contributed by atoms with E-state index in [1.54, 1.807) is 13.8 Å². The first-order valence-electron chi connectivity index (χ1n) is 17.7. The quantitative estimate of drug-likeness (QED) is 0.0958. The minimum atomic E-state index is -0.0700. The standard InChI is InChI=1S/C17H26N2O2.C13H21NO2.C8H18/c1-3-15(20)19-16-12(2)9-10-14(16)17(21)18-11-13-7-5-4-6-8-13;1-6-9(4)13(14-12(16)8-3)10(5)11(15)7-2;1-3-5-7-8-6-4-2/h9,13H,3-8,10-11H2,1-2H3,(H,18,21)(H,19,20);6H,7-8H2,1-5H3,(H,14,16);3-8H2,1-2H3/b;9-6-,13-10-;. The fourth-order valence-corrected chi connectivity index (χ4v) is 5.16. The molecule has 2 aliphatic carbocycles. The molecule has 2 rings (SSSR count).